The van der Waals surface area contributed by atoms with Gasteiger partial charge in [0.1, 0.15) is 5.69 Å². The van der Waals surface area contributed by atoms with Crippen molar-refractivity contribution in [2.24, 2.45) is 17.8 Å². The lowest BCUT2D eigenvalue weighted by Crippen LogP contribution is -2.59. The minimum Gasteiger partial charge on any atom is -0.345 e. The second-order valence-electron chi connectivity index (χ2n) is 9.22. The predicted octanol–water partition coefficient (Wildman–Crippen LogP) is 4.41. The highest BCUT2D eigenvalue weighted by molar-refractivity contribution is 7.14. The Kier molecular flexibility index (Phi) is 4.90. The van der Waals surface area contributed by atoms with Gasteiger partial charge in [0.2, 0.25) is 5.91 Å². The predicted molar refractivity (Wildman–Crippen MR) is 114 cm³/mol. The molecule has 152 valence electrons. The van der Waals surface area contributed by atoms with E-state index in [4.69, 9.17) is 0 Å². The molecule has 0 atom stereocenters. The van der Waals surface area contributed by atoms with E-state index in [9.17, 15) is 9.59 Å². The maximum atomic E-state index is 12.9. The Morgan fingerprint density at radius 3 is 2.34 bits per heavy atom. The first-order valence-electron chi connectivity index (χ1n) is 10.7. The van der Waals surface area contributed by atoms with Gasteiger partial charge in [-0.1, -0.05) is 30.3 Å². The average molecular weight is 410 g/mol. The van der Waals surface area contributed by atoms with Gasteiger partial charge in [-0.05, 0) is 68.3 Å². The summed E-state index contributed by atoms with van der Waals surface area (Å²) in [6.45, 7) is 0. The lowest BCUT2D eigenvalue weighted by Gasteiger charge is -2.56. The summed E-state index contributed by atoms with van der Waals surface area (Å²) in [5.41, 5.74) is 1.54. The molecule has 0 unspecified atom stereocenters. The van der Waals surface area contributed by atoms with E-state index in [2.05, 4.69) is 15.6 Å². The number of anilines is 1. The van der Waals surface area contributed by atoms with Crippen molar-refractivity contribution in [3.63, 3.8) is 0 Å². The number of aromatic nitrogens is 1. The summed E-state index contributed by atoms with van der Waals surface area (Å²) in [6.07, 6.45) is 8.52. The number of carbonyl (C=O) groups excluding carboxylic acids is 2. The fraction of sp³-hybridized carbons (Fsp3) is 0.522. The average Bonchev–Trinajstić information content (AvgIpc) is 3.14. The third kappa shape index (κ3) is 4.08. The number of benzene rings is 1. The van der Waals surface area contributed by atoms with E-state index >= 15 is 0 Å². The van der Waals surface area contributed by atoms with E-state index in [0.717, 1.165) is 42.6 Å². The topological polar surface area (TPSA) is 71.1 Å². The molecule has 4 aliphatic rings. The fourth-order valence-corrected chi connectivity index (χ4v) is 6.80. The first-order chi connectivity index (χ1) is 14.1. The van der Waals surface area contributed by atoms with Crippen molar-refractivity contribution in [2.45, 2.75) is 56.9 Å². The van der Waals surface area contributed by atoms with Gasteiger partial charge in [0.25, 0.3) is 5.91 Å². The van der Waals surface area contributed by atoms with Gasteiger partial charge in [-0.25, -0.2) is 4.98 Å². The fourth-order valence-electron chi connectivity index (χ4n) is 6.09. The summed E-state index contributed by atoms with van der Waals surface area (Å²) in [7, 11) is 0. The molecule has 2 amide bonds. The zero-order chi connectivity index (χ0) is 19.8. The summed E-state index contributed by atoms with van der Waals surface area (Å²) in [5, 5.41) is 8.43. The van der Waals surface area contributed by atoms with Crippen LogP contribution in [0.5, 0.6) is 0 Å². The van der Waals surface area contributed by atoms with Crippen LogP contribution >= 0.6 is 11.3 Å². The van der Waals surface area contributed by atoms with Gasteiger partial charge < -0.3 is 10.6 Å². The van der Waals surface area contributed by atoms with Crippen molar-refractivity contribution in [3.05, 3.63) is 47.0 Å². The molecule has 0 saturated heterocycles. The molecule has 0 radical (unpaired) electrons. The van der Waals surface area contributed by atoms with Crippen LogP contribution in [0.2, 0.25) is 0 Å². The maximum Gasteiger partial charge on any atom is 0.271 e. The quantitative estimate of drug-likeness (QED) is 0.742. The van der Waals surface area contributed by atoms with Crippen molar-refractivity contribution in [1.82, 2.24) is 10.3 Å². The number of rotatable bonds is 6. The standard InChI is InChI=1S/C23H27N3O2S/c27-20(7-6-15-4-2-1-3-5-15)25-22-24-19(14-29-22)21(28)26-23-11-16-8-17(12-23)10-18(9-16)13-23/h1-5,14,16-18H,6-13H2,(H,26,28)(H,24,25,27). The second kappa shape index (κ2) is 7.56. The van der Waals surface area contributed by atoms with Crippen LogP contribution in [0, 0.1) is 17.8 Å². The number of thiazole rings is 1. The first kappa shape index (κ1) is 18.8. The highest BCUT2D eigenvalue weighted by atomic mass is 32.1. The van der Waals surface area contributed by atoms with E-state index in [1.54, 1.807) is 5.38 Å². The summed E-state index contributed by atoms with van der Waals surface area (Å²) >= 11 is 1.32. The lowest BCUT2D eigenvalue weighted by molar-refractivity contribution is -0.116. The molecule has 4 bridgehead atoms. The van der Waals surface area contributed by atoms with E-state index in [-0.39, 0.29) is 17.4 Å². The van der Waals surface area contributed by atoms with Gasteiger partial charge >= 0.3 is 0 Å². The van der Waals surface area contributed by atoms with Crippen LogP contribution in [0.1, 0.15) is 61.0 Å². The molecule has 0 aliphatic heterocycles. The molecule has 5 nitrogen and oxygen atoms in total. The van der Waals surface area contributed by atoms with Crippen LogP contribution in [0.15, 0.2) is 35.7 Å². The van der Waals surface area contributed by atoms with E-state index < -0.39 is 0 Å². The van der Waals surface area contributed by atoms with Crippen LogP contribution in [-0.2, 0) is 11.2 Å². The van der Waals surface area contributed by atoms with Gasteiger partial charge in [-0.15, -0.1) is 11.3 Å². The van der Waals surface area contributed by atoms with Crippen LogP contribution in [-0.4, -0.2) is 22.3 Å². The second-order valence-corrected chi connectivity index (χ2v) is 10.1. The zero-order valence-electron chi connectivity index (χ0n) is 16.5. The van der Waals surface area contributed by atoms with E-state index in [1.165, 1.54) is 30.6 Å². The zero-order valence-corrected chi connectivity index (χ0v) is 17.3. The van der Waals surface area contributed by atoms with Crippen molar-refractivity contribution in [1.29, 1.82) is 0 Å². The van der Waals surface area contributed by atoms with Gasteiger partial charge in [0, 0.05) is 17.3 Å². The number of carbonyl (C=O) groups is 2. The van der Waals surface area contributed by atoms with Crippen molar-refractivity contribution in [2.75, 3.05) is 5.32 Å². The third-order valence-corrected chi connectivity index (χ3v) is 7.64. The molecule has 6 heteroatoms. The molecule has 1 aromatic carbocycles. The lowest BCUT2D eigenvalue weighted by atomic mass is 9.53. The molecule has 0 spiro atoms. The summed E-state index contributed by atoms with van der Waals surface area (Å²) in [6, 6.07) is 9.95. The Hall–Kier alpha value is -2.21. The van der Waals surface area contributed by atoms with Gasteiger partial charge in [-0.2, -0.15) is 0 Å². The molecule has 4 aliphatic carbocycles. The number of nitrogens with zero attached hydrogens (tertiary/aromatic N) is 1. The number of nitrogens with one attached hydrogen (secondary N) is 2. The molecule has 29 heavy (non-hydrogen) atoms. The van der Waals surface area contributed by atoms with Crippen LogP contribution in [0.25, 0.3) is 0 Å². The minimum atomic E-state index is -0.0898. The van der Waals surface area contributed by atoms with Crippen molar-refractivity contribution >= 4 is 28.3 Å². The Balaban J connectivity index is 1.17. The summed E-state index contributed by atoms with van der Waals surface area (Å²) in [4.78, 5) is 29.5. The molecule has 2 aromatic rings. The Morgan fingerprint density at radius 2 is 1.69 bits per heavy atom. The molecule has 4 saturated carbocycles. The van der Waals surface area contributed by atoms with Gasteiger partial charge in [0.05, 0.1) is 0 Å². The monoisotopic (exact) mass is 409 g/mol. The number of aryl methyl sites for hydroxylation is 1. The Bertz CT molecular complexity index is 873. The Morgan fingerprint density at radius 1 is 1.03 bits per heavy atom. The number of hydrogen-bond acceptors (Lipinski definition) is 4. The highest BCUT2D eigenvalue weighted by Crippen LogP contribution is 2.55. The summed E-state index contributed by atoms with van der Waals surface area (Å²) in [5.74, 6) is 2.20. The minimum absolute atomic E-state index is 0.0193. The molecule has 4 fully saturated rings. The molecule has 1 aromatic heterocycles. The van der Waals surface area contributed by atoms with Gasteiger partial charge in [-0.3, -0.25) is 9.59 Å². The van der Waals surface area contributed by atoms with Crippen LogP contribution in [0.4, 0.5) is 5.13 Å². The SMILES string of the molecule is O=C(CCc1ccccc1)Nc1nc(C(=O)NC23CC4CC(CC(C4)C2)C3)cs1. The molecule has 6 rings (SSSR count). The smallest absolute Gasteiger partial charge is 0.271 e. The summed E-state index contributed by atoms with van der Waals surface area (Å²) < 4.78 is 0. The number of amides is 2. The van der Waals surface area contributed by atoms with Crippen LogP contribution < -0.4 is 10.6 Å². The molecular weight excluding hydrogens is 382 g/mol. The van der Waals surface area contributed by atoms with Crippen LogP contribution in [0.3, 0.4) is 0 Å². The molecule has 2 N–H and O–H groups in total. The molecular formula is C23H27N3O2S. The number of hydrogen-bond donors (Lipinski definition) is 2. The maximum absolute atomic E-state index is 12.9. The third-order valence-electron chi connectivity index (χ3n) is 6.88. The Labute approximate surface area is 175 Å². The normalized spacial score (nSPS) is 29.6. The first-order valence-corrected chi connectivity index (χ1v) is 11.6. The largest absolute Gasteiger partial charge is 0.345 e. The van der Waals surface area contributed by atoms with Crippen molar-refractivity contribution in [3.8, 4) is 0 Å². The van der Waals surface area contributed by atoms with E-state index in [1.807, 2.05) is 30.3 Å². The van der Waals surface area contributed by atoms with E-state index in [0.29, 0.717) is 23.7 Å². The highest BCUT2D eigenvalue weighted by Gasteiger charge is 2.51. The van der Waals surface area contributed by atoms with Gasteiger partial charge in [0.15, 0.2) is 5.13 Å². The van der Waals surface area contributed by atoms with Crippen molar-refractivity contribution < 1.29 is 9.59 Å². The molecule has 1 heterocycles.